The third-order valence-corrected chi connectivity index (χ3v) is 11.2. The van der Waals surface area contributed by atoms with Crippen molar-refractivity contribution in [3.8, 4) is 23.2 Å². The van der Waals surface area contributed by atoms with Crippen molar-refractivity contribution in [2.75, 3.05) is 33.8 Å². The molecule has 16 heteroatoms. The number of likely N-dealkylation sites (tertiary alicyclic amines) is 1. The van der Waals surface area contributed by atoms with E-state index in [1.807, 2.05) is 27.7 Å². The molecule has 50 heavy (non-hydrogen) atoms. The molecular weight excluding hydrogens is 666 g/mol. The average Bonchev–Trinajstić information content (AvgIpc) is 3.68. The number of rotatable bonds is 13. The summed E-state index contributed by atoms with van der Waals surface area (Å²) in [6, 6.07) is 7.24. The molecule has 12 nitrogen and oxygen atoms in total. The van der Waals surface area contributed by atoms with Crippen LogP contribution in [0, 0.1) is 11.3 Å². The molecule has 0 N–H and O–H groups in total. The van der Waals surface area contributed by atoms with Gasteiger partial charge in [-0.15, -0.1) is 0 Å². The number of nitrogens with zero attached hydrogens (tertiary/aromatic N) is 10. The summed E-state index contributed by atoms with van der Waals surface area (Å²) in [7, 11) is 2.36. The molecule has 0 unspecified atom stereocenters. The highest BCUT2D eigenvalue weighted by atomic mass is 28.3. The van der Waals surface area contributed by atoms with Gasteiger partial charge < -0.3 is 18.9 Å². The molecule has 1 saturated heterocycles. The number of hydrogen-bond donors (Lipinski definition) is 0. The minimum Gasteiger partial charge on any atom is -0.474 e. The number of piperidine rings is 1. The monoisotopic (exact) mass is 710 g/mol. The van der Waals surface area contributed by atoms with Crippen molar-refractivity contribution >= 4 is 19.1 Å². The van der Waals surface area contributed by atoms with Gasteiger partial charge in [-0.05, 0) is 51.9 Å². The van der Waals surface area contributed by atoms with Crippen LogP contribution < -0.4 is 4.74 Å². The summed E-state index contributed by atoms with van der Waals surface area (Å²) in [6.45, 7) is 9.87. The van der Waals surface area contributed by atoms with Gasteiger partial charge in [-0.2, -0.15) is 28.5 Å². The van der Waals surface area contributed by atoms with Gasteiger partial charge in [-0.1, -0.05) is 19.6 Å². The van der Waals surface area contributed by atoms with Gasteiger partial charge in [0.25, 0.3) is 0 Å². The Morgan fingerprint density at radius 2 is 1.88 bits per heavy atom. The third kappa shape index (κ3) is 8.17. The lowest BCUT2D eigenvalue weighted by molar-refractivity contribution is -0.145. The van der Waals surface area contributed by atoms with E-state index >= 15 is 0 Å². The largest absolute Gasteiger partial charge is 0.474 e. The Hall–Kier alpha value is -3.91. The van der Waals surface area contributed by atoms with Gasteiger partial charge in [0, 0.05) is 69.8 Å². The average molecular weight is 711 g/mol. The summed E-state index contributed by atoms with van der Waals surface area (Å²) in [4.78, 5) is 20.6. The number of aromatic nitrogens is 7. The van der Waals surface area contributed by atoms with Gasteiger partial charge in [0.2, 0.25) is 11.7 Å². The van der Waals surface area contributed by atoms with Crippen molar-refractivity contribution in [1.29, 1.82) is 5.26 Å². The fourth-order valence-corrected chi connectivity index (χ4v) is 7.57. The zero-order valence-electron chi connectivity index (χ0n) is 29.3. The normalized spacial score (nSPS) is 20.7. The van der Waals surface area contributed by atoms with Crippen LogP contribution in [0.25, 0.3) is 22.3 Å². The number of fused-ring (bicyclic) bond motifs is 1. The second-order valence-corrected chi connectivity index (χ2v) is 20.6. The predicted molar refractivity (Wildman–Crippen MR) is 184 cm³/mol. The van der Waals surface area contributed by atoms with E-state index in [-0.39, 0.29) is 30.3 Å². The SMILES string of the molecule is CN(C)Cc1cc(OC2CCN([C@H]3C[C@](CC#N)(n4cc(-c5ncnc6c5ccn6COCC[Si](C)(C)C)cn4)C3)CC2)nc(C(F)(F)F)n1. The summed E-state index contributed by atoms with van der Waals surface area (Å²) in [6.07, 6.45) is 5.62. The van der Waals surface area contributed by atoms with Crippen LogP contribution in [0.3, 0.4) is 0 Å². The van der Waals surface area contributed by atoms with Crippen LogP contribution in [0.2, 0.25) is 25.7 Å². The topological polar surface area (TPSA) is 123 Å². The van der Waals surface area contributed by atoms with Gasteiger partial charge >= 0.3 is 6.18 Å². The number of halogens is 3. The molecular formula is C34H45F3N10O2Si. The molecule has 1 aliphatic carbocycles. The molecule has 0 atom stereocenters. The summed E-state index contributed by atoms with van der Waals surface area (Å²) >= 11 is 0. The summed E-state index contributed by atoms with van der Waals surface area (Å²) in [5.41, 5.74) is 2.28. The molecule has 0 bridgehead atoms. The Balaban J connectivity index is 1.08. The van der Waals surface area contributed by atoms with Gasteiger partial charge in [0.15, 0.2) is 0 Å². The maximum absolute atomic E-state index is 13.5. The number of ether oxygens (including phenoxy) is 2. The van der Waals surface area contributed by atoms with Crippen molar-refractivity contribution in [3.05, 3.63) is 48.6 Å². The highest BCUT2D eigenvalue weighted by Gasteiger charge is 2.49. The lowest BCUT2D eigenvalue weighted by atomic mass is 9.69. The number of nitriles is 1. The molecule has 268 valence electrons. The van der Waals surface area contributed by atoms with E-state index in [0.29, 0.717) is 26.0 Å². The molecule has 1 saturated carbocycles. The predicted octanol–water partition coefficient (Wildman–Crippen LogP) is 5.79. The van der Waals surface area contributed by atoms with Gasteiger partial charge in [0.05, 0.1) is 35.6 Å². The van der Waals surface area contributed by atoms with Crippen molar-refractivity contribution < 1.29 is 22.6 Å². The quantitative estimate of drug-likeness (QED) is 0.124. The van der Waals surface area contributed by atoms with Crippen LogP contribution in [0.1, 0.15) is 43.6 Å². The Kier molecular flexibility index (Phi) is 10.3. The second kappa shape index (κ2) is 14.4. The fourth-order valence-electron chi connectivity index (χ4n) is 6.81. The molecule has 2 aliphatic rings. The highest BCUT2D eigenvalue weighted by molar-refractivity contribution is 6.76. The summed E-state index contributed by atoms with van der Waals surface area (Å²) in [5.74, 6) is -1.23. The van der Waals surface area contributed by atoms with Gasteiger partial charge in [-0.25, -0.2) is 15.0 Å². The van der Waals surface area contributed by atoms with Gasteiger partial charge in [0.1, 0.15) is 24.8 Å². The first-order chi connectivity index (χ1) is 23.7. The van der Waals surface area contributed by atoms with Gasteiger partial charge in [-0.3, -0.25) is 9.58 Å². The molecule has 5 heterocycles. The lowest BCUT2D eigenvalue weighted by Gasteiger charge is -2.52. The van der Waals surface area contributed by atoms with Crippen molar-refractivity contribution in [1.82, 2.24) is 44.1 Å². The fraction of sp³-hybridized carbons (Fsp3) is 0.588. The van der Waals surface area contributed by atoms with E-state index in [2.05, 4.69) is 50.5 Å². The molecule has 0 amide bonds. The third-order valence-electron chi connectivity index (χ3n) is 9.53. The van der Waals surface area contributed by atoms with Crippen molar-refractivity contribution in [2.45, 2.75) is 94.9 Å². The first kappa shape index (κ1) is 35.9. The van der Waals surface area contributed by atoms with Crippen LogP contribution in [0.4, 0.5) is 13.2 Å². The lowest BCUT2D eigenvalue weighted by Crippen LogP contribution is -2.58. The smallest absolute Gasteiger partial charge is 0.451 e. The summed E-state index contributed by atoms with van der Waals surface area (Å²) < 4.78 is 56.3. The first-order valence-corrected chi connectivity index (χ1v) is 20.7. The molecule has 2 fully saturated rings. The van der Waals surface area contributed by atoms with Crippen LogP contribution in [-0.4, -0.2) is 98.1 Å². The van der Waals surface area contributed by atoms with Crippen LogP contribution >= 0.6 is 0 Å². The van der Waals surface area contributed by atoms with E-state index in [4.69, 9.17) is 14.6 Å². The van der Waals surface area contributed by atoms with Crippen LogP contribution in [-0.2, 0) is 29.7 Å². The number of hydrogen-bond acceptors (Lipinski definition) is 10. The van der Waals surface area contributed by atoms with E-state index in [1.165, 1.54) is 6.07 Å². The van der Waals surface area contributed by atoms with E-state index < -0.39 is 25.6 Å². The molecule has 6 rings (SSSR count). The van der Waals surface area contributed by atoms with E-state index in [1.54, 1.807) is 31.5 Å². The maximum atomic E-state index is 13.5. The molecule has 0 aromatic carbocycles. The first-order valence-electron chi connectivity index (χ1n) is 17.0. The number of alkyl halides is 3. The Labute approximate surface area is 291 Å². The standard InChI is InChI=1S/C34H45F3N10O2Si/c1-44(2)21-25-16-29(43-32(42-25)34(35,36)37)49-27-6-11-45(12-7-27)26-17-33(18-26,9-10-38)47-20-24(19-41-47)30-28-8-13-46(31(28)40-22-39-30)23-48-14-15-50(3,4)5/h8,13,16,19-20,22,26-27H,6-7,9,11-12,14-15,17-18,21,23H2,1-5H3/t26-,33-. The van der Waals surface area contributed by atoms with Crippen molar-refractivity contribution in [3.63, 3.8) is 0 Å². The van der Waals surface area contributed by atoms with Crippen LogP contribution in [0.5, 0.6) is 5.88 Å². The highest BCUT2D eigenvalue weighted by Crippen LogP contribution is 2.46. The molecule has 4 aromatic heterocycles. The molecule has 4 aromatic rings. The zero-order chi connectivity index (χ0) is 35.7. The zero-order valence-corrected chi connectivity index (χ0v) is 30.3. The molecule has 0 radical (unpaired) electrons. The molecule has 0 spiro atoms. The Morgan fingerprint density at radius 1 is 1.12 bits per heavy atom. The molecule has 1 aliphatic heterocycles. The van der Waals surface area contributed by atoms with E-state index in [0.717, 1.165) is 60.9 Å². The Bertz CT molecular complexity index is 1820. The maximum Gasteiger partial charge on any atom is 0.451 e. The second-order valence-electron chi connectivity index (χ2n) is 15.0. The Morgan fingerprint density at radius 3 is 2.56 bits per heavy atom. The minimum atomic E-state index is -4.66. The van der Waals surface area contributed by atoms with E-state index in [9.17, 15) is 18.4 Å². The van der Waals surface area contributed by atoms with Crippen molar-refractivity contribution in [2.24, 2.45) is 0 Å². The minimum absolute atomic E-state index is 0.0443. The van der Waals surface area contributed by atoms with Crippen LogP contribution in [0.15, 0.2) is 37.1 Å². The summed E-state index contributed by atoms with van der Waals surface area (Å²) in [5, 5.41) is 15.4.